The minimum Gasteiger partial charge on any atom is -0.497 e. The fourth-order valence-electron chi connectivity index (χ4n) is 2.71. The van der Waals surface area contributed by atoms with E-state index < -0.39 is 0 Å². The molecule has 0 aliphatic carbocycles. The molecule has 1 N–H and O–H groups in total. The highest BCUT2D eigenvalue weighted by Gasteiger charge is 2.15. The molecular formula is C20H23N5O3S. The standard InChI is InChI=1S/C20H23N5O3S/c1-14-4-9-18(28-3)17(12-14)25-20(22-23-24-25)29-13-19(26)21-11-10-15-5-7-16(27-2)8-6-15/h4-9,12H,10-11,13H2,1-3H3,(H,21,26). The van der Waals surface area contributed by atoms with Gasteiger partial charge in [-0.3, -0.25) is 4.79 Å². The average Bonchev–Trinajstić information content (AvgIpc) is 3.21. The average molecular weight is 414 g/mol. The third-order valence-electron chi connectivity index (χ3n) is 4.23. The lowest BCUT2D eigenvalue weighted by Crippen LogP contribution is -2.27. The van der Waals surface area contributed by atoms with Crippen molar-refractivity contribution in [3.05, 3.63) is 53.6 Å². The van der Waals surface area contributed by atoms with Crippen LogP contribution in [0.2, 0.25) is 0 Å². The Kier molecular flexibility index (Phi) is 7.07. The van der Waals surface area contributed by atoms with Crippen LogP contribution < -0.4 is 14.8 Å². The molecule has 1 aromatic heterocycles. The van der Waals surface area contributed by atoms with Crippen LogP contribution in [0.15, 0.2) is 47.6 Å². The van der Waals surface area contributed by atoms with E-state index in [1.54, 1.807) is 18.9 Å². The monoisotopic (exact) mass is 413 g/mol. The van der Waals surface area contributed by atoms with Gasteiger partial charge in [-0.15, -0.1) is 5.10 Å². The SMILES string of the molecule is COc1ccc(CCNC(=O)CSc2nnnn2-c2cc(C)ccc2OC)cc1. The smallest absolute Gasteiger partial charge is 0.230 e. The Morgan fingerprint density at radius 3 is 2.66 bits per heavy atom. The largest absolute Gasteiger partial charge is 0.497 e. The molecule has 1 heterocycles. The number of amides is 1. The van der Waals surface area contributed by atoms with Crippen LogP contribution in [0.25, 0.3) is 5.69 Å². The van der Waals surface area contributed by atoms with Gasteiger partial charge >= 0.3 is 0 Å². The summed E-state index contributed by atoms with van der Waals surface area (Å²) in [6.07, 6.45) is 0.749. The molecule has 152 valence electrons. The zero-order valence-electron chi connectivity index (χ0n) is 16.6. The minimum absolute atomic E-state index is 0.0748. The van der Waals surface area contributed by atoms with E-state index in [4.69, 9.17) is 9.47 Å². The van der Waals surface area contributed by atoms with Crippen molar-refractivity contribution in [3.8, 4) is 17.2 Å². The van der Waals surface area contributed by atoms with Gasteiger partial charge in [0.1, 0.15) is 17.2 Å². The first kappa shape index (κ1) is 20.7. The van der Waals surface area contributed by atoms with Crippen LogP contribution in [-0.4, -0.2) is 52.6 Å². The third kappa shape index (κ3) is 5.47. The molecule has 9 heteroatoms. The van der Waals surface area contributed by atoms with Crippen molar-refractivity contribution in [2.75, 3.05) is 26.5 Å². The molecule has 0 aliphatic rings. The molecule has 0 spiro atoms. The Morgan fingerprint density at radius 2 is 1.93 bits per heavy atom. The Balaban J connectivity index is 1.53. The maximum atomic E-state index is 12.2. The molecule has 0 radical (unpaired) electrons. The number of thioether (sulfide) groups is 1. The summed E-state index contributed by atoms with van der Waals surface area (Å²) < 4.78 is 12.1. The number of nitrogens with one attached hydrogen (secondary N) is 1. The number of aryl methyl sites for hydroxylation is 1. The van der Waals surface area contributed by atoms with Crippen molar-refractivity contribution in [1.82, 2.24) is 25.5 Å². The Bertz CT molecular complexity index is 959. The second-order valence-corrected chi connectivity index (χ2v) is 7.23. The van der Waals surface area contributed by atoms with E-state index in [0.717, 1.165) is 29.0 Å². The summed E-state index contributed by atoms with van der Waals surface area (Å²) in [4.78, 5) is 12.2. The lowest BCUT2D eigenvalue weighted by molar-refractivity contribution is -0.118. The number of rotatable bonds is 9. The summed E-state index contributed by atoms with van der Waals surface area (Å²) in [5.41, 5.74) is 2.93. The summed E-state index contributed by atoms with van der Waals surface area (Å²) in [5, 5.41) is 15.3. The molecule has 0 fully saturated rings. The van der Waals surface area contributed by atoms with Crippen LogP contribution in [0.5, 0.6) is 11.5 Å². The number of hydrogen-bond acceptors (Lipinski definition) is 7. The predicted molar refractivity (Wildman–Crippen MR) is 111 cm³/mol. The van der Waals surface area contributed by atoms with Crippen molar-refractivity contribution < 1.29 is 14.3 Å². The normalized spacial score (nSPS) is 10.6. The van der Waals surface area contributed by atoms with Crippen LogP contribution in [-0.2, 0) is 11.2 Å². The highest BCUT2D eigenvalue weighted by molar-refractivity contribution is 7.99. The molecule has 3 aromatic rings. The number of tetrazole rings is 1. The summed E-state index contributed by atoms with van der Waals surface area (Å²) in [6, 6.07) is 13.6. The maximum absolute atomic E-state index is 12.2. The second kappa shape index (κ2) is 9.92. The number of nitrogens with zero attached hydrogens (tertiary/aromatic N) is 4. The van der Waals surface area contributed by atoms with E-state index in [1.165, 1.54) is 11.8 Å². The van der Waals surface area contributed by atoms with Crippen LogP contribution >= 0.6 is 11.8 Å². The Hall–Kier alpha value is -3.07. The number of carbonyl (C=O) groups is 1. The molecule has 0 unspecified atom stereocenters. The molecule has 8 nitrogen and oxygen atoms in total. The van der Waals surface area contributed by atoms with Crippen LogP contribution in [0.3, 0.4) is 0 Å². The van der Waals surface area contributed by atoms with Gasteiger partial charge in [-0.2, -0.15) is 4.68 Å². The summed E-state index contributed by atoms with van der Waals surface area (Å²) in [7, 11) is 3.24. The van der Waals surface area contributed by atoms with Crippen LogP contribution in [0.1, 0.15) is 11.1 Å². The van der Waals surface area contributed by atoms with E-state index in [9.17, 15) is 4.79 Å². The molecule has 0 aliphatic heterocycles. The highest BCUT2D eigenvalue weighted by Crippen LogP contribution is 2.26. The molecule has 1 amide bonds. The molecule has 0 atom stereocenters. The Labute approximate surface area is 173 Å². The molecule has 3 rings (SSSR count). The molecule has 0 saturated carbocycles. The fourth-order valence-corrected chi connectivity index (χ4v) is 3.42. The van der Waals surface area contributed by atoms with Crippen molar-refractivity contribution >= 4 is 17.7 Å². The van der Waals surface area contributed by atoms with Gasteiger partial charge in [-0.25, -0.2) is 0 Å². The quantitative estimate of drug-likeness (QED) is 0.539. The van der Waals surface area contributed by atoms with Gasteiger partial charge < -0.3 is 14.8 Å². The number of carbonyl (C=O) groups excluding carboxylic acids is 1. The highest BCUT2D eigenvalue weighted by atomic mass is 32.2. The van der Waals surface area contributed by atoms with E-state index in [-0.39, 0.29) is 11.7 Å². The first-order valence-electron chi connectivity index (χ1n) is 9.06. The zero-order valence-corrected chi connectivity index (χ0v) is 17.4. The topological polar surface area (TPSA) is 91.2 Å². The van der Waals surface area contributed by atoms with Gasteiger partial charge in [-0.1, -0.05) is 30.0 Å². The summed E-state index contributed by atoms with van der Waals surface area (Å²) >= 11 is 1.28. The maximum Gasteiger partial charge on any atom is 0.230 e. The minimum atomic E-state index is -0.0748. The summed E-state index contributed by atoms with van der Waals surface area (Å²) in [5.74, 6) is 1.62. The van der Waals surface area contributed by atoms with Gasteiger partial charge in [0.25, 0.3) is 0 Å². The van der Waals surface area contributed by atoms with Gasteiger partial charge in [0, 0.05) is 6.54 Å². The first-order chi connectivity index (χ1) is 14.1. The molecular weight excluding hydrogens is 390 g/mol. The van der Waals surface area contributed by atoms with E-state index >= 15 is 0 Å². The third-order valence-corrected chi connectivity index (χ3v) is 5.15. The van der Waals surface area contributed by atoms with Crippen molar-refractivity contribution in [1.29, 1.82) is 0 Å². The van der Waals surface area contributed by atoms with Crippen LogP contribution in [0, 0.1) is 6.92 Å². The predicted octanol–water partition coefficient (Wildman–Crippen LogP) is 2.44. The van der Waals surface area contributed by atoms with Gasteiger partial charge in [-0.05, 0) is 59.2 Å². The van der Waals surface area contributed by atoms with Gasteiger partial charge in [0.15, 0.2) is 0 Å². The fraction of sp³-hybridized carbons (Fsp3) is 0.300. The van der Waals surface area contributed by atoms with Crippen molar-refractivity contribution in [2.45, 2.75) is 18.5 Å². The van der Waals surface area contributed by atoms with Crippen LogP contribution in [0.4, 0.5) is 0 Å². The molecule has 2 aromatic carbocycles. The number of hydrogen-bond donors (Lipinski definition) is 1. The number of ether oxygens (including phenoxy) is 2. The van der Waals surface area contributed by atoms with E-state index in [0.29, 0.717) is 17.5 Å². The molecule has 29 heavy (non-hydrogen) atoms. The lowest BCUT2D eigenvalue weighted by Gasteiger charge is -2.10. The van der Waals surface area contributed by atoms with Crippen molar-refractivity contribution in [2.24, 2.45) is 0 Å². The number of benzene rings is 2. The number of aromatic nitrogens is 4. The second-order valence-electron chi connectivity index (χ2n) is 6.29. The Morgan fingerprint density at radius 1 is 1.14 bits per heavy atom. The molecule has 0 saturated heterocycles. The molecule has 0 bridgehead atoms. The van der Waals surface area contributed by atoms with Gasteiger partial charge in [0.05, 0.1) is 20.0 Å². The van der Waals surface area contributed by atoms with Gasteiger partial charge in [0.2, 0.25) is 11.1 Å². The lowest BCUT2D eigenvalue weighted by atomic mass is 10.1. The van der Waals surface area contributed by atoms with E-state index in [2.05, 4.69) is 20.8 Å². The zero-order chi connectivity index (χ0) is 20.6. The number of methoxy groups -OCH3 is 2. The van der Waals surface area contributed by atoms with Crippen molar-refractivity contribution in [3.63, 3.8) is 0 Å². The first-order valence-corrected chi connectivity index (χ1v) is 10.0. The summed E-state index contributed by atoms with van der Waals surface area (Å²) in [6.45, 7) is 2.54. The van der Waals surface area contributed by atoms with E-state index in [1.807, 2.05) is 49.4 Å².